The fourth-order valence-corrected chi connectivity index (χ4v) is 3.84. The molecule has 1 aromatic heterocycles. The summed E-state index contributed by atoms with van der Waals surface area (Å²) < 4.78 is 16.6. The number of nitrogens with one attached hydrogen (secondary N) is 2. The molecule has 2 aromatic rings. The second kappa shape index (κ2) is 5.61. The SMILES string of the molecule is Cc1ccn(C)c1C1(C=NO)CNNC1(C)c1ccc(O)cc1F. The molecule has 4 N–H and O–H groups in total. The van der Waals surface area contributed by atoms with Gasteiger partial charge in [-0.2, -0.15) is 0 Å². The zero-order valence-electron chi connectivity index (χ0n) is 13.8. The quantitative estimate of drug-likeness (QED) is 0.393. The molecule has 6 nitrogen and oxygen atoms in total. The molecule has 7 heteroatoms. The molecular formula is C17H21FN4O2. The van der Waals surface area contributed by atoms with Gasteiger partial charge in [0.2, 0.25) is 0 Å². The summed E-state index contributed by atoms with van der Waals surface area (Å²) in [5.41, 5.74) is 6.73. The summed E-state index contributed by atoms with van der Waals surface area (Å²) in [5, 5.41) is 22.2. The lowest BCUT2D eigenvalue weighted by atomic mass is 9.66. The second-order valence-corrected chi connectivity index (χ2v) is 6.44. The Morgan fingerprint density at radius 2 is 2.12 bits per heavy atom. The van der Waals surface area contributed by atoms with E-state index in [1.807, 2.05) is 37.7 Å². The van der Waals surface area contributed by atoms with Gasteiger partial charge < -0.3 is 14.9 Å². The molecular weight excluding hydrogens is 311 g/mol. The zero-order valence-corrected chi connectivity index (χ0v) is 13.8. The van der Waals surface area contributed by atoms with Crippen LogP contribution in [-0.4, -0.2) is 27.6 Å². The molecule has 0 radical (unpaired) electrons. The van der Waals surface area contributed by atoms with Crippen molar-refractivity contribution in [1.29, 1.82) is 0 Å². The van der Waals surface area contributed by atoms with E-state index < -0.39 is 16.8 Å². The van der Waals surface area contributed by atoms with Crippen LogP contribution in [0.3, 0.4) is 0 Å². The Kier molecular flexibility index (Phi) is 3.85. The molecule has 1 fully saturated rings. The van der Waals surface area contributed by atoms with E-state index in [0.717, 1.165) is 17.3 Å². The van der Waals surface area contributed by atoms with Gasteiger partial charge in [-0.25, -0.2) is 9.82 Å². The minimum Gasteiger partial charge on any atom is -0.508 e. The third-order valence-electron chi connectivity index (χ3n) is 5.06. The fourth-order valence-electron chi connectivity index (χ4n) is 3.84. The molecule has 24 heavy (non-hydrogen) atoms. The highest BCUT2D eigenvalue weighted by Crippen LogP contribution is 2.45. The van der Waals surface area contributed by atoms with E-state index >= 15 is 0 Å². The fraction of sp³-hybridized carbons (Fsp3) is 0.353. The third-order valence-corrected chi connectivity index (χ3v) is 5.06. The average molecular weight is 332 g/mol. The molecule has 1 saturated heterocycles. The predicted octanol–water partition coefficient (Wildman–Crippen LogP) is 1.90. The smallest absolute Gasteiger partial charge is 0.132 e. The number of hydrazine groups is 1. The summed E-state index contributed by atoms with van der Waals surface area (Å²) in [4.78, 5) is 0. The number of benzene rings is 1. The van der Waals surface area contributed by atoms with Crippen molar-refractivity contribution in [2.24, 2.45) is 12.2 Å². The highest BCUT2D eigenvalue weighted by Gasteiger charge is 2.56. The van der Waals surface area contributed by atoms with Gasteiger partial charge in [0, 0.05) is 37.1 Å². The predicted molar refractivity (Wildman–Crippen MR) is 88.7 cm³/mol. The topological polar surface area (TPSA) is 81.8 Å². The van der Waals surface area contributed by atoms with Crippen molar-refractivity contribution in [2.75, 3.05) is 6.54 Å². The van der Waals surface area contributed by atoms with Gasteiger partial charge in [0.05, 0.1) is 17.2 Å². The van der Waals surface area contributed by atoms with Crippen molar-refractivity contribution in [3.8, 4) is 5.75 Å². The molecule has 0 aliphatic carbocycles. The largest absolute Gasteiger partial charge is 0.508 e. The van der Waals surface area contributed by atoms with Crippen LogP contribution in [0.2, 0.25) is 0 Å². The molecule has 0 spiro atoms. The highest BCUT2D eigenvalue weighted by atomic mass is 19.1. The summed E-state index contributed by atoms with van der Waals surface area (Å²) in [5.74, 6) is -0.668. The first-order chi connectivity index (χ1) is 11.4. The van der Waals surface area contributed by atoms with Crippen molar-refractivity contribution < 1.29 is 14.7 Å². The summed E-state index contributed by atoms with van der Waals surface area (Å²) in [7, 11) is 1.90. The lowest BCUT2D eigenvalue weighted by Crippen LogP contribution is -2.53. The molecule has 2 atom stereocenters. The van der Waals surface area contributed by atoms with Crippen LogP contribution in [0.1, 0.15) is 23.7 Å². The van der Waals surface area contributed by atoms with Gasteiger partial charge in [-0.3, -0.25) is 5.43 Å². The number of phenols is 1. The average Bonchev–Trinajstić information content (AvgIpc) is 3.01. The van der Waals surface area contributed by atoms with Crippen LogP contribution >= 0.6 is 0 Å². The van der Waals surface area contributed by atoms with Crippen molar-refractivity contribution in [1.82, 2.24) is 15.4 Å². The summed E-state index contributed by atoms with van der Waals surface area (Å²) in [6.07, 6.45) is 3.36. The van der Waals surface area contributed by atoms with E-state index in [-0.39, 0.29) is 5.75 Å². The standard InChI is InChI=1S/C17H21FN4O2/c1-11-6-7-22(3)15(11)17(10-20-24)9-19-21-16(17,2)13-5-4-12(23)8-14(13)18/h4-8,10,19,21,23-24H,9H2,1-3H3. The number of oxime groups is 1. The Bertz CT molecular complexity index is 784. The van der Waals surface area contributed by atoms with Crippen LogP contribution in [0.25, 0.3) is 0 Å². The number of hydrogen-bond acceptors (Lipinski definition) is 5. The Morgan fingerprint density at radius 3 is 2.71 bits per heavy atom. The van der Waals surface area contributed by atoms with Gasteiger partial charge in [-0.15, -0.1) is 5.16 Å². The molecule has 2 heterocycles. The molecule has 0 saturated carbocycles. The van der Waals surface area contributed by atoms with E-state index in [9.17, 15) is 14.7 Å². The first-order valence-electron chi connectivity index (χ1n) is 7.66. The molecule has 0 amide bonds. The number of aryl methyl sites for hydroxylation is 2. The highest BCUT2D eigenvalue weighted by molar-refractivity contribution is 5.78. The van der Waals surface area contributed by atoms with Crippen LogP contribution in [0.15, 0.2) is 35.6 Å². The number of hydrogen-bond donors (Lipinski definition) is 4. The molecule has 0 bridgehead atoms. The number of aromatic nitrogens is 1. The minimum atomic E-state index is -0.937. The van der Waals surface area contributed by atoms with Gasteiger partial charge in [-0.1, -0.05) is 6.07 Å². The summed E-state index contributed by atoms with van der Waals surface area (Å²) >= 11 is 0. The van der Waals surface area contributed by atoms with Crippen molar-refractivity contribution in [3.05, 3.63) is 53.1 Å². The number of phenolic OH excluding ortho intramolecular Hbond substituents is 1. The second-order valence-electron chi connectivity index (χ2n) is 6.44. The maximum atomic E-state index is 14.6. The molecule has 1 aromatic carbocycles. The lowest BCUT2D eigenvalue weighted by molar-refractivity contribution is 0.286. The van der Waals surface area contributed by atoms with Crippen LogP contribution in [0.5, 0.6) is 5.75 Å². The number of rotatable bonds is 3. The molecule has 1 aliphatic rings. The van der Waals surface area contributed by atoms with Crippen LogP contribution in [0.4, 0.5) is 4.39 Å². The first-order valence-corrected chi connectivity index (χ1v) is 7.66. The van der Waals surface area contributed by atoms with Gasteiger partial charge in [0.15, 0.2) is 0 Å². The van der Waals surface area contributed by atoms with E-state index in [1.165, 1.54) is 12.3 Å². The minimum absolute atomic E-state index is 0.137. The van der Waals surface area contributed by atoms with Crippen molar-refractivity contribution >= 4 is 6.21 Å². The monoisotopic (exact) mass is 332 g/mol. The third kappa shape index (κ3) is 2.12. The normalized spacial score (nSPS) is 27.2. The number of halogens is 1. The van der Waals surface area contributed by atoms with Crippen LogP contribution in [-0.2, 0) is 18.0 Å². The van der Waals surface area contributed by atoms with Crippen molar-refractivity contribution in [3.63, 3.8) is 0 Å². The van der Waals surface area contributed by atoms with Gasteiger partial charge in [-0.05, 0) is 31.5 Å². The van der Waals surface area contributed by atoms with Gasteiger partial charge >= 0.3 is 0 Å². The number of aromatic hydroxyl groups is 1. The molecule has 128 valence electrons. The van der Waals surface area contributed by atoms with E-state index in [1.54, 1.807) is 6.07 Å². The maximum absolute atomic E-state index is 14.6. The Hall–Kier alpha value is -2.38. The maximum Gasteiger partial charge on any atom is 0.132 e. The Balaban J connectivity index is 2.29. The lowest BCUT2D eigenvalue weighted by Gasteiger charge is -2.41. The molecule has 1 aliphatic heterocycles. The molecule has 3 rings (SSSR count). The van der Waals surface area contributed by atoms with Crippen LogP contribution < -0.4 is 10.9 Å². The van der Waals surface area contributed by atoms with Crippen LogP contribution in [0, 0.1) is 12.7 Å². The summed E-state index contributed by atoms with van der Waals surface area (Å²) in [6.45, 7) is 4.22. The van der Waals surface area contributed by atoms with Gasteiger partial charge in [0.1, 0.15) is 11.6 Å². The van der Waals surface area contributed by atoms with Gasteiger partial charge in [0.25, 0.3) is 0 Å². The number of nitrogens with zero attached hydrogens (tertiary/aromatic N) is 2. The van der Waals surface area contributed by atoms with E-state index in [4.69, 9.17) is 0 Å². The zero-order chi connectivity index (χ0) is 17.5. The van der Waals surface area contributed by atoms with E-state index in [2.05, 4.69) is 16.0 Å². The van der Waals surface area contributed by atoms with E-state index in [0.29, 0.717) is 12.1 Å². The van der Waals surface area contributed by atoms with Crippen molar-refractivity contribution in [2.45, 2.75) is 24.8 Å². The summed E-state index contributed by atoms with van der Waals surface area (Å²) in [6, 6.07) is 6.04. The molecule has 2 unspecified atom stereocenters. The first kappa shape index (κ1) is 16.5. The Morgan fingerprint density at radius 1 is 1.38 bits per heavy atom. The Labute approximate surface area is 139 Å².